The van der Waals surface area contributed by atoms with E-state index >= 15 is 0 Å². The summed E-state index contributed by atoms with van der Waals surface area (Å²) in [5.74, 6) is 0. The predicted molar refractivity (Wildman–Crippen MR) is 68.1 cm³/mol. The van der Waals surface area contributed by atoms with Gasteiger partial charge in [0.15, 0.2) is 0 Å². The van der Waals surface area contributed by atoms with Crippen LogP contribution in [-0.2, 0) is 0 Å². The maximum absolute atomic E-state index is 6.20. The molecule has 1 unspecified atom stereocenters. The van der Waals surface area contributed by atoms with E-state index in [0.717, 1.165) is 15.9 Å². The summed E-state index contributed by atoms with van der Waals surface area (Å²) < 4.78 is 0.725. The van der Waals surface area contributed by atoms with Crippen LogP contribution >= 0.6 is 39.1 Å². The first kappa shape index (κ1) is 11.1. The van der Waals surface area contributed by atoms with Gasteiger partial charge in [-0.2, -0.15) is 0 Å². The lowest BCUT2D eigenvalue weighted by molar-refractivity contribution is 1.17. The highest BCUT2D eigenvalue weighted by Gasteiger charge is 2.22. The number of hydrogen-bond acceptors (Lipinski definition) is 2. The lowest BCUT2D eigenvalue weighted by atomic mass is 10.1. The third-order valence-electron chi connectivity index (χ3n) is 2.07. The molecule has 0 spiro atoms. The van der Waals surface area contributed by atoms with Crippen LogP contribution in [-0.4, -0.2) is 21.5 Å². The molecule has 5 heteroatoms. The zero-order chi connectivity index (χ0) is 10.8. The van der Waals surface area contributed by atoms with E-state index in [-0.39, 0.29) is 5.38 Å². The van der Waals surface area contributed by atoms with Crippen LogP contribution in [0.2, 0.25) is 5.02 Å². The number of aliphatic imine (C=N–C) groups is 1. The smallest absolute Gasteiger partial charge is 0.109 e. The minimum atomic E-state index is -0.300. The highest BCUT2D eigenvalue weighted by atomic mass is 79.9. The van der Waals surface area contributed by atoms with Crippen molar-refractivity contribution in [1.29, 1.82) is 0 Å². The van der Waals surface area contributed by atoms with Gasteiger partial charge in [-0.15, -0.1) is 11.6 Å². The molecule has 15 heavy (non-hydrogen) atoms. The number of hydrogen-bond donors (Lipinski definition) is 0. The van der Waals surface area contributed by atoms with Gasteiger partial charge in [0.25, 0.3) is 0 Å². The van der Waals surface area contributed by atoms with Crippen LogP contribution in [0.25, 0.3) is 5.57 Å². The van der Waals surface area contributed by atoms with E-state index in [9.17, 15) is 0 Å². The second-order valence-electron chi connectivity index (χ2n) is 3.02. The van der Waals surface area contributed by atoms with Gasteiger partial charge in [-0.05, 0) is 28.1 Å². The van der Waals surface area contributed by atoms with Crippen LogP contribution < -0.4 is 0 Å². The van der Waals surface area contributed by atoms with Gasteiger partial charge in [-0.3, -0.25) is 9.98 Å². The molecule has 0 aromatic carbocycles. The third kappa shape index (κ3) is 2.25. The van der Waals surface area contributed by atoms with E-state index in [2.05, 4.69) is 25.9 Å². The van der Waals surface area contributed by atoms with Crippen molar-refractivity contribution in [3.05, 3.63) is 35.1 Å². The summed E-state index contributed by atoms with van der Waals surface area (Å²) in [5.41, 5.74) is 1.63. The molecule has 0 radical (unpaired) electrons. The topological polar surface area (TPSA) is 25.2 Å². The van der Waals surface area contributed by atoms with Crippen molar-refractivity contribution in [2.45, 2.75) is 5.38 Å². The van der Waals surface area contributed by atoms with Gasteiger partial charge in [-0.25, -0.2) is 0 Å². The van der Waals surface area contributed by atoms with E-state index in [4.69, 9.17) is 23.2 Å². The quantitative estimate of drug-likeness (QED) is 0.729. The number of pyridine rings is 1. The average molecular weight is 306 g/mol. The van der Waals surface area contributed by atoms with Crippen molar-refractivity contribution in [3.63, 3.8) is 0 Å². The Kier molecular flexibility index (Phi) is 3.44. The van der Waals surface area contributed by atoms with Crippen molar-refractivity contribution in [1.82, 2.24) is 4.98 Å². The molecule has 0 N–H and O–H groups in total. The molecule has 0 amide bonds. The molecule has 2 nitrogen and oxygen atoms in total. The Balaban J connectivity index is 2.41. The van der Waals surface area contributed by atoms with Gasteiger partial charge in [0.2, 0.25) is 0 Å². The molecule has 1 aliphatic rings. The molecule has 2 heterocycles. The zero-order valence-corrected chi connectivity index (χ0v) is 10.7. The normalized spacial score (nSPS) is 20.9. The second kappa shape index (κ2) is 4.64. The van der Waals surface area contributed by atoms with E-state index in [0.29, 0.717) is 11.6 Å². The largest absolute Gasteiger partial charge is 0.276 e. The van der Waals surface area contributed by atoms with Crippen molar-refractivity contribution in [2.75, 3.05) is 6.54 Å². The monoisotopic (exact) mass is 304 g/mol. The summed E-state index contributed by atoms with van der Waals surface area (Å²) in [6, 6.07) is 3.59. The van der Waals surface area contributed by atoms with Gasteiger partial charge in [-0.1, -0.05) is 17.7 Å². The molecule has 0 aliphatic carbocycles. The van der Waals surface area contributed by atoms with Crippen molar-refractivity contribution < 1.29 is 0 Å². The van der Waals surface area contributed by atoms with E-state index < -0.39 is 0 Å². The first-order chi connectivity index (χ1) is 7.20. The van der Waals surface area contributed by atoms with Crippen LogP contribution in [0, 0.1) is 0 Å². The van der Waals surface area contributed by atoms with Crippen LogP contribution in [0.5, 0.6) is 0 Å². The van der Waals surface area contributed by atoms with Crippen LogP contribution in [0.15, 0.2) is 29.4 Å². The van der Waals surface area contributed by atoms with Crippen molar-refractivity contribution in [2.24, 2.45) is 4.99 Å². The summed E-state index contributed by atoms with van der Waals surface area (Å²) in [4.78, 5) is 8.40. The lowest BCUT2D eigenvalue weighted by Gasteiger charge is -2.17. The summed E-state index contributed by atoms with van der Waals surface area (Å²) in [5, 5.41) is 0.308. The van der Waals surface area contributed by atoms with Crippen LogP contribution in [0.1, 0.15) is 5.69 Å². The Labute approximate surface area is 106 Å². The summed E-state index contributed by atoms with van der Waals surface area (Å²) >= 11 is 15.6. The maximum Gasteiger partial charge on any atom is 0.109 e. The standard InChI is InChI=1S/C10H7BrCl2N2/c11-10-8(13)6(3-5-15-10)9-7(12)2-1-4-14-9/h1-4,8H,5H2. The average Bonchev–Trinajstić information content (AvgIpc) is 2.23. The fourth-order valence-corrected chi connectivity index (χ4v) is 2.24. The third-order valence-corrected chi connectivity index (χ3v) is 3.79. The van der Waals surface area contributed by atoms with Gasteiger partial charge >= 0.3 is 0 Å². The number of rotatable bonds is 1. The molecular weight excluding hydrogens is 299 g/mol. The molecule has 2 rings (SSSR count). The lowest BCUT2D eigenvalue weighted by Crippen LogP contribution is -2.16. The zero-order valence-electron chi connectivity index (χ0n) is 7.62. The number of aromatic nitrogens is 1. The van der Waals surface area contributed by atoms with Gasteiger partial charge in [0.1, 0.15) is 10.00 Å². The summed E-state index contributed by atoms with van der Waals surface area (Å²) in [7, 11) is 0. The summed E-state index contributed by atoms with van der Waals surface area (Å²) in [6.07, 6.45) is 3.64. The SMILES string of the molecule is Clc1cccnc1C1=CCN=C(Br)C1Cl. The summed E-state index contributed by atoms with van der Waals surface area (Å²) in [6.45, 7) is 0.603. The van der Waals surface area contributed by atoms with Crippen LogP contribution in [0.3, 0.4) is 0 Å². The second-order valence-corrected chi connectivity index (χ2v) is 4.68. The Morgan fingerprint density at radius 2 is 2.27 bits per heavy atom. The molecular formula is C10H7BrCl2N2. The van der Waals surface area contributed by atoms with Gasteiger partial charge in [0, 0.05) is 11.8 Å². The first-order valence-corrected chi connectivity index (χ1v) is 5.95. The number of allylic oxidation sites excluding steroid dienone is 1. The Morgan fingerprint density at radius 3 is 3.00 bits per heavy atom. The molecule has 1 aromatic heterocycles. The molecule has 1 aliphatic heterocycles. The highest BCUT2D eigenvalue weighted by molar-refractivity contribution is 9.18. The Bertz CT molecular complexity index is 443. The van der Waals surface area contributed by atoms with E-state index in [1.54, 1.807) is 18.3 Å². The number of halogens is 3. The number of dihydropyridines is 1. The van der Waals surface area contributed by atoms with E-state index in [1.165, 1.54) is 0 Å². The molecule has 0 fully saturated rings. The molecule has 0 saturated heterocycles. The minimum absolute atomic E-state index is 0.300. The fraction of sp³-hybridized carbons (Fsp3) is 0.200. The van der Waals surface area contributed by atoms with Crippen LogP contribution in [0.4, 0.5) is 0 Å². The fourth-order valence-electron chi connectivity index (χ4n) is 1.36. The Hall–Kier alpha value is -0.380. The number of alkyl halides is 1. The molecule has 0 bridgehead atoms. The highest BCUT2D eigenvalue weighted by Crippen LogP contribution is 2.30. The van der Waals surface area contributed by atoms with Gasteiger partial charge < -0.3 is 0 Å². The maximum atomic E-state index is 6.20. The van der Waals surface area contributed by atoms with Crippen molar-refractivity contribution >= 4 is 49.3 Å². The molecule has 1 aromatic rings. The minimum Gasteiger partial charge on any atom is -0.276 e. The Morgan fingerprint density at radius 1 is 1.47 bits per heavy atom. The molecule has 0 saturated carbocycles. The van der Waals surface area contributed by atoms with Crippen molar-refractivity contribution in [3.8, 4) is 0 Å². The molecule has 1 atom stereocenters. The van der Waals surface area contributed by atoms with E-state index in [1.807, 2.05) is 6.08 Å². The molecule has 78 valence electrons. The first-order valence-electron chi connectivity index (χ1n) is 4.35. The number of nitrogens with zero attached hydrogens (tertiary/aromatic N) is 2. The predicted octanol–water partition coefficient (Wildman–Crippen LogP) is 3.53. The van der Waals surface area contributed by atoms with Gasteiger partial charge in [0.05, 0.1) is 17.3 Å².